The van der Waals surface area contributed by atoms with Crippen molar-refractivity contribution in [2.24, 2.45) is 0 Å². The second kappa shape index (κ2) is 26.9. The van der Waals surface area contributed by atoms with Crippen molar-refractivity contribution in [2.75, 3.05) is 26.9 Å². The van der Waals surface area contributed by atoms with Gasteiger partial charge in [0, 0.05) is 21.0 Å². The zero-order valence-electron chi connectivity index (χ0n) is 39.9. The molecule has 2 fully saturated rings. The van der Waals surface area contributed by atoms with Gasteiger partial charge in [0.25, 0.3) is 0 Å². The molecule has 70 heavy (non-hydrogen) atoms. The summed E-state index contributed by atoms with van der Waals surface area (Å²) in [6.45, 7) is 4.43. The number of methoxy groups -OCH3 is 1. The van der Waals surface area contributed by atoms with Crippen molar-refractivity contribution in [1.82, 2.24) is 0 Å². The monoisotopic (exact) mass is 962 g/mol. The molecule has 2 aliphatic rings. The van der Waals surface area contributed by atoms with E-state index in [1.54, 1.807) is 37.3 Å². The summed E-state index contributed by atoms with van der Waals surface area (Å²) in [6, 6.07) is 47.1. The molecule has 15 heteroatoms. The van der Waals surface area contributed by atoms with Crippen LogP contribution in [0.25, 0.3) is 0 Å². The first kappa shape index (κ1) is 52.0. The van der Waals surface area contributed by atoms with Gasteiger partial charge in [-0.05, 0) is 34.7 Å². The Bertz CT molecular complexity index is 2310. The Morgan fingerprint density at radius 2 is 0.971 bits per heavy atom. The Morgan fingerprint density at radius 3 is 1.47 bits per heavy atom. The molecule has 0 spiro atoms. The van der Waals surface area contributed by atoms with Gasteiger partial charge in [0.05, 0.1) is 39.6 Å². The molecular formula is C55H62O15. The average molecular weight is 963 g/mol. The average Bonchev–Trinajstić information content (AvgIpc) is 3.38. The van der Waals surface area contributed by atoms with Crippen LogP contribution >= 0.6 is 0 Å². The molecule has 5 aromatic carbocycles. The normalized spacial score (nSPS) is 24.8. The summed E-state index contributed by atoms with van der Waals surface area (Å²) in [4.78, 5) is 39.8. The summed E-state index contributed by atoms with van der Waals surface area (Å²) in [7, 11) is 1.52. The SMILES string of the molecule is CCOC(=O)[C@@H](O[C@H]1[C@H](O[C@H]2[C@H](OCc3ccccc3)[C@@H](OCc3ccccc3)[C@@H](OC)O[C@@H]2COCc2ccccc2)O[C@H](COC(C)=O)[C@H](OCc2ccccc2)[C@@H]1OC(C)=O)c1ccccc1. The molecule has 5 aromatic rings. The molecule has 11 atom stereocenters. The standard InChI is InChI=1S/C55H62O15/c1-5-61-53(58)46(43-29-19-10-20-30-43)69-52-50(66-38(3)57)47(63-32-40-23-13-7-14-24-40)45(36-62-37(2)56)68-55(52)70-48-44(35-60-31-39-21-11-6-12-22-39)67-54(59-4)51(65-34-42-27-17-9-18-28-42)49(48)64-33-41-25-15-8-16-26-41/h6-30,44-52,54-55H,5,31-36H2,1-4H3/t44-,45-,46+,47+,48-,49+,50+,51-,52-,54+,55+/m1/s1. The van der Waals surface area contributed by atoms with Crippen molar-refractivity contribution >= 4 is 17.9 Å². The lowest BCUT2D eigenvalue weighted by Gasteiger charge is -2.50. The molecule has 15 nitrogen and oxygen atoms in total. The fourth-order valence-corrected chi connectivity index (χ4v) is 8.32. The molecule has 7 rings (SSSR count). The maximum absolute atomic E-state index is 14.0. The van der Waals surface area contributed by atoms with Gasteiger partial charge in [0.15, 0.2) is 24.8 Å². The van der Waals surface area contributed by atoms with E-state index in [0.29, 0.717) is 5.56 Å². The van der Waals surface area contributed by atoms with Gasteiger partial charge in [-0.3, -0.25) is 9.59 Å². The number of carbonyl (C=O) groups excluding carboxylic acids is 3. The van der Waals surface area contributed by atoms with Gasteiger partial charge in [-0.2, -0.15) is 0 Å². The van der Waals surface area contributed by atoms with E-state index in [0.717, 1.165) is 22.3 Å². The maximum Gasteiger partial charge on any atom is 0.339 e. The van der Waals surface area contributed by atoms with Crippen molar-refractivity contribution < 1.29 is 71.2 Å². The van der Waals surface area contributed by atoms with E-state index in [4.69, 9.17) is 56.8 Å². The molecule has 372 valence electrons. The van der Waals surface area contributed by atoms with Crippen molar-refractivity contribution in [3.05, 3.63) is 179 Å². The molecule has 0 saturated carbocycles. The van der Waals surface area contributed by atoms with Crippen molar-refractivity contribution in [2.45, 2.75) is 115 Å². The van der Waals surface area contributed by atoms with Crippen LogP contribution in [0.4, 0.5) is 0 Å². The second-order valence-electron chi connectivity index (χ2n) is 16.7. The smallest absolute Gasteiger partial charge is 0.339 e. The Balaban J connectivity index is 1.34. The molecule has 2 heterocycles. The third-order valence-corrected chi connectivity index (χ3v) is 11.6. The second-order valence-corrected chi connectivity index (χ2v) is 16.7. The Morgan fingerprint density at radius 1 is 0.500 bits per heavy atom. The zero-order chi connectivity index (χ0) is 49.1. The van der Waals surface area contributed by atoms with Crippen LogP contribution in [0.2, 0.25) is 0 Å². The van der Waals surface area contributed by atoms with Gasteiger partial charge >= 0.3 is 17.9 Å². The fourth-order valence-electron chi connectivity index (χ4n) is 8.32. The third-order valence-electron chi connectivity index (χ3n) is 11.6. The summed E-state index contributed by atoms with van der Waals surface area (Å²) in [6.07, 6.45) is -12.9. The minimum absolute atomic E-state index is 0.0310. The predicted octanol–water partition coefficient (Wildman–Crippen LogP) is 7.63. The van der Waals surface area contributed by atoms with E-state index in [1.165, 1.54) is 21.0 Å². The van der Waals surface area contributed by atoms with E-state index < -0.39 is 85.4 Å². The largest absolute Gasteiger partial charge is 0.464 e. The van der Waals surface area contributed by atoms with E-state index in [2.05, 4.69) is 0 Å². The van der Waals surface area contributed by atoms with Crippen LogP contribution in [0.1, 0.15) is 54.7 Å². The van der Waals surface area contributed by atoms with Gasteiger partial charge in [0.2, 0.25) is 0 Å². The van der Waals surface area contributed by atoms with Crippen LogP contribution < -0.4 is 0 Å². The highest BCUT2D eigenvalue weighted by molar-refractivity contribution is 5.76. The highest BCUT2D eigenvalue weighted by Gasteiger charge is 2.56. The molecule has 2 aliphatic heterocycles. The Hall–Kier alpha value is -5.85. The molecule has 0 amide bonds. The lowest BCUT2D eigenvalue weighted by molar-refractivity contribution is -0.374. The van der Waals surface area contributed by atoms with Crippen LogP contribution in [-0.4, -0.2) is 106 Å². The number of hydrogen-bond acceptors (Lipinski definition) is 15. The first-order chi connectivity index (χ1) is 34.2. The molecule has 0 unspecified atom stereocenters. The van der Waals surface area contributed by atoms with E-state index in [9.17, 15) is 14.4 Å². The van der Waals surface area contributed by atoms with Crippen LogP contribution in [-0.2, 0) is 97.7 Å². The summed E-state index contributed by atoms with van der Waals surface area (Å²) >= 11 is 0. The summed E-state index contributed by atoms with van der Waals surface area (Å²) in [5.74, 6) is -2.00. The number of hydrogen-bond donors (Lipinski definition) is 0. The first-order valence-electron chi connectivity index (χ1n) is 23.5. The molecule has 2 saturated heterocycles. The minimum atomic E-state index is -1.52. The van der Waals surface area contributed by atoms with Crippen LogP contribution in [0.5, 0.6) is 0 Å². The Kier molecular flexibility index (Phi) is 20.0. The molecule has 0 aromatic heterocycles. The number of carbonyl (C=O) groups is 3. The van der Waals surface area contributed by atoms with Crippen molar-refractivity contribution in [1.29, 1.82) is 0 Å². The number of ether oxygens (including phenoxy) is 12. The van der Waals surface area contributed by atoms with E-state index in [1.807, 2.05) is 121 Å². The number of benzene rings is 5. The minimum Gasteiger partial charge on any atom is -0.464 e. The summed E-state index contributed by atoms with van der Waals surface area (Å²) in [5.41, 5.74) is 3.92. The molecule has 0 aliphatic carbocycles. The highest BCUT2D eigenvalue weighted by Crippen LogP contribution is 2.38. The van der Waals surface area contributed by atoms with Crippen LogP contribution in [0.3, 0.4) is 0 Å². The van der Waals surface area contributed by atoms with Crippen molar-refractivity contribution in [3.63, 3.8) is 0 Å². The number of rotatable bonds is 24. The lowest BCUT2D eigenvalue weighted by atomic mass is 9.95. The molecule has 0 bridgehead atoms. The Labute approximate surface area is 409 Å². The quantitative estimate of drug-likeness (QED) is 0.0438. The molecule has 0 N–H and O–H groups in total. The highest BCUT2D eigenvalue weighted by atomic mass is 16.8. The molecular weight excluding hydrogens is 901 g/mol. The van der Waals surface area contributed by atoms with Crippen molar-refractivity contribution in [3.8, 4) is 0 Å². The van der Waals surface area contributed by atoms with Crippen LogP contribution in [0.15, 0.2) is 152 Å². The van der Waals surface area contributed by atoms with Crippen LogP contribution in [0, 0.1) is 0 Å². The van der Waals surface area contributed by atoms with E-state index in [-0.39, 0.29) is 46.2 Å². The van der Waals surface area contributed by atoms with Gasteiger partial charge < -0.3 is 56.8 Å². The fraction of sp³-hybridized carbons (Fsp3) is 0.400. The van der Waals surface area contributed by atoms with E-state index >= 15 is 0 Å². The van der Waals surface area contributed by atoms with Gasteiger partial charge in [-0.25, -0.2) is 4.79 Å². The third kappa shape index (κ3) is 14.8. The first-order valence-corrected chi connectivity index (χ1v) is 23.5. The zero-order valence-corrected chi connectivity index (χ0v) is 39.9. The van der Waals surface area contributed by atoms with Gasteiger partial charge in [0.1, 0.15) is 49.3 Å². The maximum atomic E-state index is 14.0. The van der Waals surface area contributed by atoms with Gasteiger partial charge in [-0.1, -0.05) is 152 Å². The number of esters is 3. The molecule has 0 radical (unpaired) electrons. The summed E-state index contributed by atoms with van der Waals surface area (Å²) in [5, 5.41) is 0. The predicted molar refractivity (Wildman–Crippen MR) is 253 cm³/mol. The summed E-state index contributed by atoms with van der Waals surface area (Å²) < 4.78 is 77.6. The topological polar surface area (TPSA) is 162 Å². The lowest BCUT2D eigenvalue weighted by Crippen LogP contribution is -2.66. The van der Waals surface area contributed by atoms with Gasteiger partial charge in [-0.15, -0.1) is 0 Å².